The highest BCUT2D eigenvalue weighted by Crippen LogP contribution is 2.34. The number of benzene rings is 2. The van der Waals surface area contributed by atoms with Crippen LogP contribution in [0.25, 0.3) is 0 Å². The van der Waals surface area contributed by atoms with Gasteiger partial charge in [-0.15, -0.1) is 0 Å². The Morgan fingerprint density at radius 2 is 1.86 bits per heavy atom. The van der Waals surface area contributed by atoms with E-state index in [0.717, 1.165) is 22.4 Å². The van der Waals surface area contributed by atoms with E-state index in [1.54, 1.807) is 7.11 Å². The molecule has 1 unspecified atom stereocenters. The standard InChI is InChI=1S/C18H21NO2/c1-11-6-12(2)17(16(7-11)20-3)18(19)13-4-5-14-9-21-10-15(14)8-13/h4-8,18H,9-10,19H2,1-3H3. The van der Waals surface area contributed by atoms with Crippen LogP contribution in [-0.2, 0) is 18.0 Å². The molecule has 2 aromatic rings. The number of hydrogen-bond acceptors (Lipinski definition) is 3. The Kier molecular flexibility index (Phi) is 3.70. The van der Waals surface area contributed by atoms with E-state index in [9.17, 15) is 0 Å². The maximum atomic E-state index is 6.52. The highest BCUT2D eigenvalue weighted by atomic mass is 16.5. The van der Waals surface area contributed by atoms with E-state index in [0.29, 0.717) is 13.2 Å². The molecule has 2 aromatic carbocycles. The smallest absolute Gasteiger partial charge is 0.124 e. The van der Waals surface area contributed by atoms with Crippen LogP contribution in [0.1, 0.15) is 39.4 Å². The number of rotatable bonds is 3. The number of ether oxygens (including phenoxy) is 2. The van der Waals surface area contributed by atoms with Gasteiger partial charge in [0.25, 0.3) is 0 Å². The largest absolute Gasteiger partial charge is 0.496 e. The summed E-state index contributed by atoms with van der Waals surface area (Å²) in [4.78, 5) is 0. The molecule has 2 N–H and O–H groups in total. The number of fused-ring (bicyclic) bond motifs is 1. The molecular formula is C18H21NO2. The van der Waals surface area contributed by atoms with Crippen LogP contribution >= 0.6 is 0 Å². The van der Waals surface area contributed by atoms with Gasteiger partial charge in [-0.1, -0.05) is 24.3 Å². The van der Waals surface area contributed by atoms with E-state index < -0.39 is 0 Å². The highest BCUT2D eigenvalue weighted by molar-refractivity contribution is 5.49. The van der Waals surface area contributed by atoms with Gasteiger partial charge in [0.1, 0.15) is 5.75 Å². The second-order valence-electron chi connectivity index (χ2n) is 5.70. The Hall–Kier alpha value is -1.84. The van der Waals surface area contributed by atoms with Crippen molar-refractivity contribution in [2.24, 2.45) is 5.73 Å². The van der Waals surface area contributed by atoms with Gasteiger partial charge in [-0.05, 0) is 47.7 Å². The fraction of sp³-hybridized carbons (Fsp3) is 0.333. The van der Waals surface area contributed by atoms with Gasteiger partial charge >= 0.3 is 0 Å². The molecule has 3 rings (SSSR count). The first-order chi connectivity index (χ1) is 10.1. The minimum absolute atomic E-state index is 0.188. The van der Waals surface area contributed by atoms with E-state index in [2.05, 4.69) is 38.1 Å². The average Bonchev–Trinajstić information content (AvgIpc) is 2.93. The normalized spacial score (nSPS) is 14.9. The van der Waals surface area contributed by atoms with E-state index in [-0.39, 0.29) is 6.04 Å². The molecule has 1 aliphatic rings. The summed E-state index contributed by atoms with van der Waals surface area (Å²) in [5, 5.41) is 0. The second kappa shape index (κ2) is 5.51. The lowest BCUT2D eigenvalue weighted by atomic mass is 9.92. The summed E-state index contributed by atoms with van der Waals surface area (Å²) in [7, 11) is 1.70. The van der Waals surface area contributed by atoms with Gasteiger partial charge in [0.15, 0.2) is 0 Å². The topological polar surface area (TPSA) is 44.5 Å². The quantitative estimate of drug-likeness (QED) is 0.939. The number of hydrogen-bond donors (Lipinski definition) is 1. The molecule has 0 saturated heterocycles. The van der Waals surface area contributed by atoms with Crippen molar-refractivity contribution in [3.63, 3.8) is 0 Å². The molecule has 0 spiro atoms. The summed E-state index contributed by atoms with van der Waals surface area (Å²) in [5.74, 6) is 0.858. The van der Waals surface area contributed by atoms with E-state index >= 15 is 0 Å². The van der Waals surface area contributed by atoms with Gasteiger partial charge in [0.05, 0.1) is 26.4 Å². The van der Waals surface area contributed by atoms with Crippen LogP contribution in [0.4, 0.5) is 0 Å². The lowest BCUT2D eigenvalue weighted by Crippen LogP contribution is -2.15. The fourth-order valence-electron chi connectivity index (χ4n) is 3.06. The molecule has 0 bridgehead atoms. The molecular weight excluding hydrogens is 262 g/mol. The Morgan fingerprint density at radius 1 is 1.10 bits per heavy atom. The molecule has 1 atom stereocenters. The molecule has 3 heteroatoms. The zero-order chi connectivity index (χ0) is 15.0. The summed E-state index contributed by atoms with van der Waals surface area (Å²) >= 11 is 0. The average molecular weight is 283 g/mol. The van der Waals surface area contributed by atoms with Gasteiger partial charge < -0.3 is 15.2 Å². The van der Waals surface area contributed by atoms with Crippen molar-refractivity contribution in [2.75, 3.05) is 7.11 Å². The van der Waals surface area contributed by atoms with E-state index in [1.807, 2.05) is 6.07 Å². The SMILES string of the molecule is COc1cc(C)cc(C)c1C(N)c1ccc2c(c1)COC2. The van der Waals surface area contributed by atoms with Crippen molar-refractivity contribution >= 4 is 0 Å². The summed E-state index contributed by atoms with van der Waals surface area (Å²) < 4.78 is 11.0. The summed E-state index contributed by atoms with van der Waals surface area (Å²) in [6.07, 6.45) is 0. The number of aryl methyl sites for hydroxylation is 2. The van der Waals surface area contributed by atoms with Gasteiger partial charge in [-0.2, -0.15) is 0 Å². The first-order valence-electron chi connectivity index (χ1n) is 7.20. The van der Waals surface area contributed by atoms with Crippen molar-refractivity contribution in [2.45, 2.75) is 33.1 Å². The van der Waals surface area contributed by atoms with Gasteiger partial charge in [0, 0.05) is 5.56 Å². The summed E-state index contributed by atoms with van der Waals surface area (Å²) in [5.41, 5.74) is 13.5. The van der Waals surface area contributed by atoms with Crippen LogP contribution in [0.15, 0.2) is 30.3 Å². The van der Waals surface area contributed by atoms with Gasteiger partial charge in [-0.25, -0.2) is 0 Å². The third-order valence-electron chi connectivity index (χ3n) is 4.13. The minimum Gasteiger partial charge on any atom is -0.496 e. The molecule has 0 radical (unpaired) electrons. The Bertz CT molecular complexity index is 679. The maximum absolute atomic E-state index is 6.52. The predicted molar refractivity (Wildman–Crippen MR) is 83.4 cm³/mol. The van der Waals surface area contributed by atoms with Crippen LogP contribution in [0.3, 0.4) is 0 Å². The van der Waals surface area contributed by atoms with Crippen molar-refractivity contribution < 1.29 is 9.47 Å². The fourth-order valence-corrected chi connectivity index (χ4v) is 3.06. The lowest BCUT2D eigenvalue weighted by Gasteiger charge is -2.20. The molecule has 0 aliphatic carbocycles. The second-order valence-corrected chi connectivity index (χ2v) is 5.70. The molecule has 0 saturated carbocycles. The molecule has 110 valence electrons. The third-order valence-corrected chi connectivity index (χ3v) is 4.13. The molecule has 1 heterocycles. The summed E-state index contributed by atoms with van der Waals surface area (Å²) in [6.45, 7) is 5.54. The van der Waals surface area contributed by atoms with Crippen molar-refractivity contribution in [1.29, 1.82) is 0 Å². The molecule has 21 heavy (non-hydrogen) atoms. The van der Waals surface area contributed by atoms with Crippen molar-refractivity contribution in [3.05, 3.63) is 63.7 Å². The Morgan fingerprint density at radius 3 is 2.62 bits per heavy atom. The van der Waals surface area contributed by atoms with Crippen LogP contribution in [-0.4, -0.2) is 7.11 Å². The van der Waals surface area contributed by atoms with Crippen LogP contribution < -0.4 is 10.5 Å². The van der Waals surface area contributed by atoms with E-state index in [1.165, 1.54) is 16.7 Å². The summed E-state index contributed by atoms with van der Waals surface area (Å²) in [6, 6.07) is 10.4. The maximum Gasteiger partial charge on any atom is 0.124 e. The van der Waals surface area contributed by atoms with Crippen LogP contribution in [0.5, 0.6) is 5.75 Å². The Balaban J connectivity index is 2.04. The molecule has 0 amide bonds. The zero-order valence-electron chi connectivity index (χ0n) is 12.8. The minimum atomic E-state index is -0.188. The van der Waals surface area contributed by atoms with Crippen molar-refractivity contribution in [3.8, 4) is 5.75 Å². The monoisotopic (exact) mass is 283 g/mol. The van der Waals surface area contributed by atoms with Crippen molar-refractivity contribution in [1.82, 2.24) is 0 Å². The first-order valence-corrected chi connectivity index (χ1v) is 7.20. The molecule has 3 nitrogen and oxygen atoms in total. The van der Waals surface area contributed by atoms with Crippen LogP contribution in [0, 0.1) is 13.8 Å². The third kappa shape index (κ3) is 2.55. The van der Waals surface area contributed by atoms with Gasteiger partial charge in [0.2, 0.25) is 0 Å². The number of methoxy groups -OCH3 is 1. The molecule has 0 aromatic heterocycles. The first kappa shape index (κ1) is 14.1. The molecule has 0 fully saturated rings. The van der Waals surface area contributed by atoms with Crippen LogP contribution in [0.2, 0.25) is 0 Å². The predicted octanol–water partition coefficient (Wildman–Crippen LogP) is 3.39. The zero-order valence-corrected chi connectivity index (χ0v) is 12.8. The number of nitrogens with two attached hydrogens (primary N) is 1. The molecule has 1 aliphatic heterocycles. The highest BCUT2D eigenvalue weighted by Gasteiger charge is 2.19. The Labute approximate surface area is 125 Å². The van der Waals surface area contributed by atoms with E-state index in [4.69, 9.17) is 15.2 Å². The van der Waals surface area contributed by atoms with Gasteiger partial charge in [-0.3, -0.25) is 0 Å². The lowest BCUT2D eigenvalue weighted by molar-refractivity contribution is 0.134.